The quantitative estimate of drug-likeness (QED) is 0.851. The first-order valence-corrected chi connectivity index (χ1v) is 8.82. The Labute approximate surface area is 141 Å². The third-order valence-electron chi connectivity index (χ3n) is 3.75. The summed E-state index contributed by atoms with van der Waals surface area (Å²) in [6.07, 6.45) is 2.80. The number of fused-ring (bicyclic) bond motifs is 1. The molecular formula is C17H25NO4S. The molecule has 1 aromatic heterocycles. The largest absolute Gasteiger partial charge is 0.462 e. The van der Waals surface area contributed by atoms with Gasteiger partial charge in [-0.3, -0.25) is 4.79 Å². The zero-order valence-corrected chi connectivity index (χ0v) is 15.0. The van der Waals surface area contributed by atoms with Gasteiger partial charge in [-0.05, 0) is 58.4 Å². The van der Waals surface area contributed by atoms with Crippen LogP contribution < -0.4 is 5.73 Å². The molecule has 2 rings (SSSR count). The Morgan fingerprint density at radius 3 is 2.65 bits per heavy atom. The highest BCUT2D eigenvalue weighted by atomic mass is 32.1. The molecule has 23 heavy (non-hydrogen) atoms. The topological polar surface area (TPSA) is 78.6 Å². The van der Waals surface area contributed by atoms with Crippen molar-refractivity contribution in [2.24, 2.45) is 5.92 Å². The predicted molar refractivity (Wildman–Crippen MR) is 90.7 cm³/mol. The molecule has 1 aliphatic rings. The fourth-order valence-corrected chi connectivity index (χ4v) is 4.00. The van der Waals surface area contributed by atoms with Crippen molar-refractivity contribution in [1.82, 2.24) is 0 Å². The number of ether oxygens (including phenoxy) is 2. The van der Waals surface area contributed by atoms with Crippen LogP contribution in [-0.2, 0) is 27.1 Å². The van der Waals surface area contributed by atoms with Gasteiger partial charge in [0.25, 0.3) is 0 Å². The lowest BCUT2D eigenvalue weighted by Crippen LogP contribution is -2.27. The summed E-state index contributed by atoms with van der Waals surface area (Å²) in [4.78, 5) is 25.3. The number of nitrogens with two attached hydrogens (primary N) is 1. The van der Waals surface area contributed by atoms with Crippen molar-refractivity contribution in [1.29, 1.82) is 0 Å². The zero-order chi connectivity index (χ0) is 17.2. The van der Waals surface area contributed by atoms with Crippen LogP contribution in [-0.4, -0.2) is 24.1 Å². The molecule has 0 saturated carbocycles. The van der Waals surface area contributed by atoms with Gasteiger partial charge in [0, 0.05) is 11.3 Å². The van der Waals surface area contributed by atoms with Gasteiger partial charge in [-0.25, -0.2) is 4.79 Å². The van der Waals surface area contributed by atoms with Crippen LogP contribution in [0.3, 0.4) is 0 Å². The second kappa shape index (κ2) is 6.91. The monoisotopic (exact) mass is 339 g/mol. The van der Waals surface area contributed by atoms with Gasteiger partial charge in [-0.15, -0.1) is 11.3 Å². The lowest BCUT2D eigenvalue weighted by molar-refractivity contribution is -0.156. The number of carbonyl (C=O) groups excluding carboxylic acids is 2. The van der Waals surface area contributed by atoms with E-state index in [-0.39, 0.29) is 17.9 Å². The van der Waals surface area contributed by atoms with Crippen molar-refractivity contribution in [3.63, 3.8) is 0 Å². The minimum absolute atomic E-state index is 0.180. The first-order valence-electron chi connectivity index (χ1n) is 8.00. The molecule has 0 amide bonds. The van der Waals surface area contributed by atoms with E-state index in [0.29, 0.717) is 30.0 Å². The Balaban J connectivity index is 2.11. The van der Waals surface area contributed by atoms with Gasteiger partial charge in [0.05, 0.1) is 12.2 Å². The number of anilines is 1. The fourth-order valence-electron chi connectivity index (χ4n) is 2.90. The van der Waals surface area contributed by atoms with Crippen molar-refractivity contribution < 1.29 is 19.1 Å². The summed E-state index contributed by atoms with van der Waals surface area (Å²) in [5.41, 5.74) is 7.00. The molecule has 0 radical (unpaired) electrons. The van der Waals surface area contributed by atoms with Crippen LogP contribution in [0.5, 0.6) is 0 Å². The van der Waals surface area contributed by atoms with Crippen molar-refractivity contribution >= 4 is 28.3 Å². The number of rotatable bonds is 4. The van der Waals surface area contributed by atoms with Gasteiger partial charge in [0.1, 0.15) is 10.6 Å². The van der Waals surface area contributed by atoms with Crippen LogP contribution in [0.4, 0.5) is 5.00 Å². The number of aryl methyl sites for hydroxylation is 1. The van der Waals surface area contributed by atoms with E-state index < -0.39 is 5.60 Å². The lowest BCUT2D eigenvalue weighted by atomic mass is 9.84. The molecule has 1 aromatic rings. The van der Waals surface area contributed by atoms with E-state index in [1.165, 1.54) is 11.3 Å². The third-order valence-corrected chi connectivity index (χ3v) is 4.87. The zero-order valence-electron chi connectivity index (χ0n) is 14.2. The minimum atomic E-state index is -0.472. The van der Waals surface area contributed by atoms with Crippen molar-refractivity contribution in [2.75, 3.05) is 12.3 Å². The van der Waals surface area contributed by atoms with E-state index in [1.54, 1.807) is 6.92 Å². The Hall–Kier alpha value is -1.56. The average Bonchev–Trinajstić information content (AvgIpc) is 2.72. The fraction of sp³-hybridized carbons (Fsp3) is 0.647. The minimum Gasteiger partial charge on any atom is -0.462 e. The summed E-state index contributed by atoms with van der Waals surface area (Å²) in [5.74, 6) is -0.369. The number of esters is 2. The van der Waals surface area contributed by atoms with Crippen LogP contribution >= 0.6 is 11.3 Å². The van der Waals surface area contributed by atoms with Crippen molar-refractivity contribution in [3.05, 3.63) is 16.0 Å². The maximum Gasteiger partial charge on any atom is 0.341 e. The SMILES string of the molecule is CCOC(=O)c1c(N)sc2c1C[C@@H](CC(=O)OC(C)(C)C)CC2. The number of hydrogen-bond donors (Lipinski definition) is 1. The standard InChI is InChI=1S/C17H25NO4S/c1-5-21-16(20)14-11-8-10(6-7-12(11)23-15(14)18)9-13(19)22-17(2,3)4/h10H,5-9,18H2,1-4H3/t10-/m0/s1. The molecule has 0 unspecified atom stereocenters. The molecule has 6 heteroatoms. The summed E-state index contributed by atoms with van der Waals surface area (Å²) >= 11 is 1.46. The van der Waals surface area contributed by atoms with Crippen LogP contribution in [0.2, 0.25) is 0 Å². The third kappa shape index (κ3) is 4.47. The highest BCUT2D eigenvalue weighted by Crippen LogP contribution is 2.39. The molecule has 1 heterocycles. The van der Waals surface area contributed by atoms with Gasteiger partial charge < -0.3 is 15.2 Å². The molecular weight excluding hydrogens is 314 g/mol. The molecule has 0 bridgehead atoms. The Morgan fingerprint density at radius 1 is 1.35 bits per heavy atom. The molecule has 1 atom stereocenters. The van der Waals surface area contributed by atoms with E-state index in [9.17, 15) is 9.59 Å². The Kier molecular flexibility index (Phi) is 5.34. The van der Waals surface area contributed by atoms with Gasteiger partial charge >= 0.3 is 11.9 Å². The second-order valence-corrected chi connectivity index (χ2v) is 8.00. The summed E-state index contributed by atoms with van der Waals surface area (Å²) in [7, 11) is 0. The molecule has 0 aromatic carbocycles. The molecule has 1 aliphatic carbocycles. The molecule has 2 N–H and O–H groups in total. The second-order valence-electron chi connectivity index (χ2n) is 6.86. The predicted octanol–water partition coefficient (Wildman–Crippen LogP) is 3.34. The highest BCUT2D eigenvalue weighted by Gasteiger charge is 2.30. The normalized spacial score (nSPS) is 17.5. The molecule has 0 spiro atoms. The Morgan fingerprint density at radius 2 is 2.04 bits per heavy atom. The lowest BCUT2D eigenvalue weighted by Gasteiger charge is -2.25. The van der Waals surface area contributed by atoms with Gasteiger partial charge in [-0.1, -0.05) is 0 Å². The van der Waals surface area contributed by atoms with Gasteiger partial charge in [-0.2, -0.15) is 0 Å². The molecule has 0 aliphatic heterocycles. The van der Waals surface area contributed by atoms with Crippen LogP contribution in [0.25, 0.3) is 0 Å². The van der Waals surface area contributed by atoms with E-state index in [4.69, 9.17) is 15.2 Å². The van der Waals surface area contributed by atoms with Crippen LogP contribution in [0.1, 0.15) is 61.3 Å². The summed E-state index contributed by atoms with van der Waals surface area (Å²) in [6, 6.07) is 0. The number of carbonyl (C=O) groups is 2. The van der Waals surface area contributed by atoms with Crippen LogP contribution in [0.15, 0.2) is 0 Å². The number of hydrogen-bond acceptors (Lipinski definition) is 6. The van der Waals surface area contributed by atoms with E-state index in [1.807, 2.05) is 20.8 Å². The molecule has 128 valence electrons. The Bertz CT molecular complexity index is 600. The first-order chi connectivity index (χ1) is 10.7. The van der Waals surface area contributed by atoms with Gasteiger partial charge in [0.15, 0.2) is 0 Å². The van der Waals surface area contributed by atoms with Gasteiger partial charge in [0.2, 0.25) is 0 Å². The van der Waals surface area contributed by atoms with Crippen molar-refractivity contribution in [3.8, 4) is 0 Å². The molecule has 5 nitrogen and oxygen atoms in total. The maximum atomic E-state index is 12.1. The first kappa shape index (κ1) is 17.8. The number of thiophene rings is 1. The van der Waals surface area contributed by atoms with E-state index in [2.05, 4.69) is 0 Å². The molecule has 0 saturated heterocycles. The average molecular weight is 339 g/mol. The molecule has 0 fully saturated rings. The summed E-state index contributed by atoms with van der Waals surface area (Å²) in [5, 5.41) is 0.520. The van der Waals surface area contributed by atoms with E-state index in [0.717, 1.165) is 23.3 Å². The highest BCUT2D eigenvalue weighted by molar-refractivity contribution is 7.16. The van der Waals surface area contributed by atoms with Crippen molar-refractivity contribution in [2.45, 2.75) is 59.0 Å². The smallest absolute Gasteiger partial charge is 0.341 e. The maximum absolute atomic E-state index is 12.1. The number of nitrogen functional groups attached to an aromatic ring is 1. The van der Waals surface area contributed by atoms with Crippen LogP contribution in [0, 0.1) is 5.92 Å². The summed E-state index contributed by atoms with van der Waals surface area (Å²) in [6.45, 7) is 7.69. The van der Waals surface area contributed by atoms with E-state index >= 15 is 0 Å². The summed E-state index contributed by atoms with van der Waals surface area (Å²) < 4.78 is 10.5.